The molecule has 0 saturated carbocycles. The minimum atomic E-state index is -1.11. The van der Waals surface area contributed by atoms with Crippen molar-refractivity contribution in [2.75, 3.05) is 13.1 Å². The van der Waals surface area contributed by atoms with Crippen molar-refractivity contribution in [2.24, 2.45) is 7.05 Å². The largest absolute Gasteiger partial charge is 0.444 e. The summed E-state index contributed by atoms with van der Waals surface area (Å²) >= 11 is 0. The Hall–Kier alpha value is -2.15. The molecule has 1 aliphatic heterocycles. The van der Waals surface area contributed by atoms with Gasteiger partial charge in [0, 0.05) is 25.4 Å². The number of aromatic nitrogens is 3. The summed E-state index contributed by atoms with van der Waals surface area (Å²) in [6.45, 7) is 8.07. The molecule has 2 aromatic heterocycles. The van der Waals surface area contributed by atoms with Gasteiger partial charge in [0.1, 0.15) is 23.2 Å². The summed E-state index contributed by atoms with van der Waals surface area (Å²) in [5, 5.41) is 12.1. The van der Waals surface area contributed by atoms with Gasteiger partial charge in [-0.15, -0.1) is 0 Å². The number of aliphatic hydroxyl groups is 1. The molecule has 0 bridgehead atoms. The molecular formula is C17H24N4O3. The van der Waals surface area contributed by atoms with Crippen LogP contribution in [0.15, 0.2) is 12.4 Å². The minimum absolute atomic E-state index is 0.207. The summed E-state index contributed by atoms with van der Waals surface area (Å²) in [6.07, 6.45) is 1.59. The zero-order chi connectivity index (χ0) is 17.7. The van der Waals surface area contributed by atoms with Gasteiger partial charge in [-0.3, -0.25) is 0 Å². The molecule has 1 unspecified atom stereocenters. The van der Waals surface area contributed by atoms with Crippen molar-refractivity contribution in [1.29, 1.82) is 0 Å². The maximum atomic E-state index is 12.3. The molecule has 0 radical (unpaired) electrons. The van der Waals surface area contributed by atoms with Crippen LogP contribution in [-0.4, -0.2) is 49.3 Å². The zero-order valence-corrected chi connectivity index (χ0v) is 14.8. The lowest BCUT2D eigenvalue weighted by molar-refractivity contribution is 0.0118. The number of likely N-dealkylation sites (tertiary alicyclic amines) is 1. The highest BCUT2D eigenvalue weighted by Gasteiger charge is 2.43. The Kier molecular flexibility index (Phi) is 3.79. The zero-order valence-electron chi connectivity index (χ0n) is 14.8. The number of aryl methyl sites for hydroxylation is 2. The summed E-state index contributed by atoms with van der Waals surface area (Å²) < 4.78 is 7.28. The van der Waals surface area contributed by atoms with Crippen LogP contribution in [0.3, 0.4) is 0 Å². The number of carbonyl (C=O) groups is 1. The number of nitrogens with zero attached hydrogens (tertiary/aromatic N) is 4. The predicted molar refractivity (Wildman–Crippen MR) is 89.6 cm³/mol. The molecule has 3 rings (SSSR count). The number of β-amino-alcohol motifs (C(OH)–C–C–N with tert-alkyl or cyclic N) is 1. The Labute approximate surface area is 141 Å². The van der Waals surface area contributed by atoms with Gasteiger partial charge in [-0.2, -0.15) is 0 Å². The van der Waals surface area contributed by atoms with E-state index in [2.05, 4.69) is 9.97 Å². The molecule has 7 nitrogen and oxygen atoms in total. The number of ether oxygens (including phenoxy) is 1. The summed E-state index contributed by atoms with van der Waals surface area (Å²) in [5.41, 5.74) is 0.726. The van der Waals surface area contributed by atoms with Gasteiger partial charge in [-0.05, 0) is 33.8 Å². The monoisotopic (exact) mass is 332 g/mol. The second-order valence-electron chi connectivity index (χ2n) is 7.47. The molecule has 130 valence electrons. The van der Waals surface area contributed by atoms with Crippen molar-refractivity contribution < 1.29 is 14.6 Å². The molecule has 24 heavy (non-hydrogen) atoms. The molecule has 7 heteroatoms. The Morgan fingerprint density at radius 2 is 2.08 bits per heavy atom. The average molecular weight is 332 g/mol. The standard InChI is InChI=1S/C17H24N4O3/c1-11-12-8-13(20(5)14(12)19-10-18-11)17(23)6-7-21(9-17)15(22)24-16(2,3)4/h8,10,23H,6-7,9H2,1-5H3. The second kappa shape index (κ2) is 5.44. The van der Waals surface area contributed by atoms with Gasteiger partial charge < -0.3 is 19.3 Å². The highest BCUT2D eigenvalue weighted by Crippen LogP contribution is 2.35. The van der Waals surface area contributed by atoms with Gasteiger partial charge in [0.15, 0.2) is 0 Å². The van der Waals surface area contributed by atoms with Crippen LogP contribution in [0.5, 0.6) is 0 Å². The van der Waals surface area contributed by atoms with Crippen LogP contribution < -0.4 is 0 Å². The van der Waals surface area contributed by atoms with Crippen molar-refractivity contribution >= 4 is 17.1 Å². The first kappa shape index (κ1) is 16.7. The molecule has 1 fully saturated rings. The third kappa shape index (κ3) is 2.84. The highest BCUT2D eigenvalue weighted by atomic mass is 16.6. The lowest BCUT2D eigenvalue weighted by Crippen LogP contribution is -2.38. The van der Waals surface area contributed by atoms with E-state index in [-0.39, 0.29) is 6.54 Å². The number of carbonyl (C=O) groups excluding carboxylic acids is 1. The molecule has 1 aliphatic rings. The van der Waals surface area contributed by atoms with Crippen LogP contribution in [0, 0.1) is 6.92 Å². The summed E-state index contributed by atoms with van der Waals surface area (Å²) in [5.74, 6) is 0. The first-order valence-corrected chi connectivity index (χ1v) is 8.08. The lowest BCUT2D eigenvalue weighted by atomic mass is 9.98. The molecule has 3 heterocycles. The third-order valence-electron chi connectivity index (χ3n) is 4.40. The van der Waals surface area contributed by atoms with E-state index < -0.39 is 17.3 Å². The smallest absolute Gasteiger partial charge is 0.410 e. The number of amides is 1. The molecular weight excluding hydrogens is 308 g/mol. The van der Waals surface area contributed by atoms with Crippen LogP contribution in [0.25, 0.3) is 11.0 Å². The molecule has 0 spiro atoms. The average Bonchev–Trinajstić information content (AvgIpc) is 3.01. The van der Waals surface area contributed by atoms with E-state index in [9.17, 15) is 9.90 Å². The first-order chi connectivity index (χ1) is 11.1. The van der Waals surface area contributed by atoms with E-state index in [1.807, 2.05) is 45.4 Å². The predicted octanol–water partition coefficient (Wildman–Crippen LogP) is 2.11. The van der Waals surface area contributed by atoms with Crippen molar-refractivity contribution in [2.45, 2.75) is 45.3 Å². The van der Waals surface area contributed by atoms with Crippen molar-refractivity contribution in [3.63, 3.8) is 0 Å². The normalized spacial score (nSPS) is 21.5. The Morgan fingerprint density at radius 3 is 2.71 bits per heavy atom. The van der Waals surface area contributed by atoms with Crippen LogP contribution >= 0.6 is 0 Å². The maximum absolute atomic E-state index is 12.3. The number of fused-ring (bicyclic) bond motifs is 1. The van der Waals surface area contributed by atoms with E-state index in [0.717, 1.165) is 22.4 Å². The van der Waals surface area contributed by atoms with E-state index in [0.29, 0.717) is 13.0 Å². The molecule has 1 saturated heterocycles. The van der Waals surface area contributed by atoms with E-state index in [1.54, 1.807) is 4.90 Å². The van der Waals surface area contributed by atoms with Gasteiger partial charge in [0.05, 0.1) is 17.9 Å². The second-order valence-corrected chi connectivity index (χ2v) is 7.47. The summed E-state index contributed by atoms with van der Waals surface area (Å²) in [4.78, 5) is 22.3. The van der Waals surface area contributed by atoms with Gasteiger partial charge in [0.2, 0.25) is 0 Å². The fourth-order valence-corrected chi connectivity index (χ4v) is 3.19. The number of hydrogen-bond donors (Lipinski definition) is 1. The van der Waals surface area contributed by atoms with Crippen molar-refractivity contribution in [3.05, 3.63) is 23.8 Å². The van der Waals surface area contributed by atoms with Gasteiger partial charge in [0.25, 0.3) is 0 Å². The summed E-state index contributed by atoms with van der Waals surface area (Å²) in [7, 11) is 1.87. The SMILES string of the molecule is Cc1ncnc2c1cc(C1(O)CCN(C(=O)OC(C)(C)C)C1)n2C. The third-order valence-corrected chi connectivity index (χ3v) is 4.40. The quantitative estimate of drug-likeness (QED) is 0.865. The van der Waals surface area contributed by atoms with Crippen molar-refractivity contribution in [1.82, 2.24) is 19.4 Å². The van der Waals surface area contributed by atoms with Crippen molar-refractivity contribution in [3.8, 4) is 0 Å². The molecule has 1 atom stereocenters. The number of rotatable bonds is 1. The Bertz CT molecular complexity index is 793. The van der Waals surface area contributed by atoms with Crippen LogP contribution in [0.4, 0.5) is 4.79 Å². The topological polar surface area (TPSA) is 80.5 Å². The molecule has 2 aromatic rings. The van der Waals surface area contributed by atoms with E-state index in [1.165, 1.54) is 6.33 Å². The van der Waals surface area contributed by atoms with Crippen LogP contribution in [-0.2, 0) is 17.4 Å². The Balaban J connectivity index is 1.89. The summed E-state index contributed by atoms with van der Waals surface area (Å²) in [6, 6.07) is 1.92. The fourth-order valence-electron chi connectivity index (χ4n) is 3.19. The fraction of sp³-hybridized carbons (Fsp3) is 0.588. The Morgan fingerprint density at radius 1 is 1.38 bits per heavy atom. The first-order valence-electron chi connectivity index (χ1n) is 8.08. The maximum Gasteiger partial charge on any atom is 0.410 e. The van der Waals surface area contributed by atoms with Gasteiger partial charge in [-0.25, -0.2) is 14.8 Å². The highest BCUT2D eigenvalue weighted by molar-refractivity contribution is 5.80. The van der Waals surface area contributed by atoms with E-state index >= 15 is 0 Å². The van der Waals surface area contributed by atoms with Crippen LogP contribution in [0.1, 0.15) is 38.6 Å². The number of hydrogen-bond acceptors (Lipinski definition) is 5. The molecule has 1 amide bonds. The molecule has 0 aromatic carbocycles. The lowest BCUT2D eigenvalue weighted by Gasteiger charge is -2.26. The van der Waals surface area contributed by atoms with Gasteiger partial charge in [-0.1, -0.05) is 0 Å². The molecule has 0 aliphatic carbocycles. The minimum Gasteiger partial charge on any atom is -0.444 e. The van der Waals surface area contributed by atoms with Gasteiger partial charge >= 0.3 is 6.09 Å². The van der Waals surface area contributed by atoms with Crippen LogP contribution in [0.2, 0.25) is 0 Å². The molecule has 1 N–H and O–H groups in total. The van der Waals surface area contributed by atoms with E-state index in [4.69, 9.17) is 4.74 Å².